The first-order valence-electron chi connectivity index (χ1n) is 9.58. The summed E-state index contributed by atoms with van der Waals surface area (Å²) in [6.07, 6.45) is -0.151. The summed E-state index contributed by atoms with van der Waals surface area (Å²) >= 11 is 11.9. The van der Waals surface area contributed by atoms with Crippen LogP contribution in [-0.4, -0.2) is 53.8 Å². The van der Waals surface area contributed by atoms with Gasteiger partial charge in [0.05, 0.1) is 12.5 Å². The molecule has 0 aliphatic carbocycles. The Morgan fingerprint density at radius 3 is 2.16 bits per heavy atom. The molecule has 7 nitrogen and oxygen atoms in total. The molecule has 1 aliphatic heterocycles. The fourth-order valence-corrected chi connectivity index (χ4v) is 4.02. The van der Waals surface area contributed by atoms with Crippen LogP contribution >= 0.6 is 23.2 Å². The Hall–Kier alpha value is -2.84. The van der Waals surface area contributed by atoms with E-state index >= 15 is 0 Å². The molecule has 2 aromatic rings. The molecule has 1 saturated heterocycles. The van der Waals surface area contributed by atoms with Gasteiger partial charge in [-0.05, 0) is 24.3 Å². The van der Waals surface area contributed by atoms with Gasteiger partial charge in [-0.25, -0.2) is 9.18 Å². The Bertz CT molecular complexity index is 976. The Morgan fingerprint density at radius 2 is 1.58 bits per heavy atom. The fourth-order valence-electron chi connectivity index (χ4n) is 3.49. The third-order valence-corrected chi connectivity index (χ3v) is 5.44. The quantitative estimate of drug-likeness (QED) is 0.707. The summed E-state index contributed by atoms with van der Waals surface area (Å²) in [5, 5.41) is 3.16. The van der Waals surface area contributed by atoms with Crippen LogP contribution in [0.1, 0.15) is 28.4 Å². The molecule has 10 heteroatoms. The lowest BCUT2D eigenvalue weighted by Gasteiger charge is -2.35. The average Bonchev–Trinajstić information content (AvgIpc) is 2.72. The smallest absolute Gasteiger partial charge is 0.312 e. The van der Waals surface area contributed by atoms with Crippen LogP contribution in [0.3, 0.4) is 0 Å². The summed E-state index contributed by atoms with van der Waals surface area (Å²) < 4.78 is 14.2. The predicted octanol–water partition coefficient (Wildman–Crippen LogP) is 3.22. The number of piperazine rings is 1. The molecule has 1 heterocycles. The van der Waals surface area contributed by atoms with E-state index in [9.17, 15) is 18.8 Å². The first-order valence-corrected chi connectivity index (χ1v) is 10.3. The standard InChI is InChI=1S/C21H21Cl2FN4O3/c22-14-9-13(10-15(23)11-14)20(30)28-7-5-27(6-8-28)19(29)12-18(26-21(25)31)16-3-1-2-4-17(16)24/h1-4,9-11,18H,5-8,12H2,(H3,25,26,31)/t18-/m1/s1. The van der Waals surface area contributed by atoms with Gasteiger partial charge in [0.15, 0.2) is 0 Å². The number of nitrogens with two attached hydrogens (primary N) is 1. The van der Waals surface area contributed by atoms with E-state index in [4.69, 9.17) is 28.9 Å². The van der Waals surface area contributed by atoms with Crippen molar-refractivity contribution in [1.29, 1.82) is 0 Å². The maximum atomic E-state index is 14.2. The molecule has 2 aromatic carbocycles. The minimum Gasteiger partial charge on any atom is -0.352 e. The van der Waals surface area contributed by atoms with E-state index < -0.39 is 17.9 Å². The van der Waals surface area contributed by atoms with Gasteiger partial charge in [-0.15, -0.1) is 0 Å². The molecule has 0 unspecified atom stereocenters. The summed E-state index contributed by atoms with van der Waals surface area (Å²) in [7, 11) is 0. The number of primary amides is 1. The van der Waals surface area contributed by atoms with Crippen molar-refractivity contribution in [2.45, 2.75) is 12.5 Å². The SMILES string of the molecule is NC(=O)N[C@H](CC(=O)N1CCN(C(=O)c2cc(Cl)cc(Cl)c2)CC1)c1ccccc1F. The average molecular weight is 467 g/mol. The predicted molar refractivity (Wildman–Crippen MR) is 115 cm³/mol. The van der Waals surface area contributed by atoms with E-state index in [1.807, 2.05) is 0 Å². The van der Waals surface area contributed by atoms with Crippen molar-refractivity contribution in [3.05, 3.63) is 69.5 Å². The molecule has 1 atom stereocenters. The lowest BCUT2D eigenvalue weighted by molar-refractivity contribution is -0.133. The molecular formula is C21H21Cl2FN4O3. The number of carbonyl (C=O) groups excluding carboxylic acids is 3. The topological polar surface area (TPSA) is 95.7 Å². The number of carbonyl (C=O) groups is 3. The van der Waals surface area contributed by atoms with Crippen LogP contribution in [0.4, 0.5) is 9.18 Å². The Morgan fingerprint density at radius 1 is 1.00 bits per heavy atom. The monoisotopic (exact) mass is 466 g/mol. The molecule has 3 rings (SSSR count). The van der Waals surface area contributed by atoms with Crippen molar-refractivity contribution >= 4 is 41.0 Å². The Balaban J connectivity index is 1.63. The molecule has 1 fully saturated rings. The van der Waals surface area contributed by atoms with Crippen molar-refractivity contribution in [3.63, 3.8) is 0 Å². The van der Waals surface area contributed by atoms with Gasteiger partial charge in [0.2, 0.25) is 5.91 Å². The van der Waals surface area contributed by atoms with Crippen LogP contribution in [0.5, 0.6) is 0 Å². The molecule has 0 bridgehead atoms. The summed E-state index contributed by atoms with van der Waals surface area (Å²) in [5.74, 6) is -1.04. The van der Waals surface area contributed by atoms with Crippen LogP contribution < -0.4 is 11.1 Å². The molecule has 0 saturated carbocycles. The summed E-state index contributed by atoms with van der Waals surface area (Å²) in [6, 6.07) is 8.77. The Kier molecular flexibility index (Phi) is 7.35. The molecule has 0 spiro atoms. The van der Waals surface area contributed by atoms with Gasteiger partial charge >= 0.3 is 6.03 Å². The highest BCUT2D eigenvalue weighted by Crippen LogP contribution is 2.23. The van der Waals surface area contributed by atoms with E-state index in [0.29, 0.717) is 41.8 Å². The van der Waals surface area contributed by atoms with Gasteiger partial charge in [0.25, 0.3) is 5.91 Å². The maximum Gasteiger partial charge on any atom is 0.312 e. The second kappa shape index (κ2) is 9.98. The number of nitrogens with zero attached hydrogens (tertiary/aromatic N) is 2. The van der Waals surface area contributed by atoms with Crippen LogP contribution in [0.2, 0.25) is 10.0 Å². The maximum absolute atomic E-state index is 14.2. The fraction of sp³-hybridized carbons (Fsp3) is 0.286. The van der Waals surface area contributed by atoms with E-state index in [1.165, 1.54) is 18.2 Å². The zero-order valence-corrected chi connectivity index (χ0v) is 18.0. The van der Waals surface area contributed by atoms with Gasteiger partial charge in [-0.2, -0.15) is 0 Å². The number of halogens is 3. The van der Waals surface area contributed by atoms with Crippen molar-refractivity contribution in [1.82, 2.24) is 15.1 Å². The molecule has 31 heavy (non-hydrogen) atoms. The van der Waals surface area contributed by atoms with Gasteiger partial charge in [0.1, 0.15) is 5.82 Å². The number of rotatable bonds is 5. The second-order valence-corrected chi connectivity index (χ2v) is 7.99. The van der Waals surface area contributed by atoms with Crippen molar-refractivity contribution < 1.29 is 18.8 Å². The minimum atomic E-state index is -0.889. The normalized spacial score (nSPS) is 14.8. The number of hydrogen-bond donors (Lipinski definition) is 2. The number of urea groups is 1. The Labute approximate surface area is 188 Å². The third kappa shape index (κ3) is 5.86. The molecule has 3 N–H and O–H groups in total. The summed E-state index contributed by atoms with van der Waals surface area (Å²) in [4.78, 5) is 40.0. The number of nitrogens with one attached hydrogen (secondary N) is 1. The lowest BCUT2D eigenvalue weighted by atomic mass is 10.0. The number of amides is 4. The highest BCUT2D eigenvalue weighted by Gasteiger charge is 2.28. The van der Waals surface area contributed by atoms with E-state index in [-0.39, 0.29) is 23.8 Å². The van der Waals surface area contributed by atoms with Crippen LogP contribution in [0, 0.1) is 5.82 Å². The van der Waals surface area contributed by atoms with E-state index in [1.54, 1.807) is 34.1 Å². The van der Waals surface area contributed by atoms with Crippen molar-refractivity contribution in [2.75, 3.05) is 26.2 Å². The minimum absolute atomic E-state index is 0.151. The zero-order valence-electron chi connectivity index (χ0n) is 16.5. The molecular weight excluding hydrogens is 446 g/mol. The highest BCUT2D eigenvalue weighted by molar-refractivity contribution is 6.35. The molecule has 0 radical (unpaired) electrons. The van der Waals surface area contributed by atoms with Gasteiger partial charge < -0.3 is 20.9 Å². The first-order chi connectivity index (χ1) is 14.7. The first kappa shape index (κ1) is 22.8. The van der Waals surface area contributed by atoms with Crippen LogP contribution in [-0.2, 0) is 4.79 Å². The summed E-state index contributed by atoms with van der Waals surface area (Å²) in [5.41, 5.74) is 5.76. The zero-order chi connectivity index (χ0) is 22.5. The summed E-state index contributed by atoms with van der Waals surface area (Å²) in [6.45, 7) is 1.25. The molecule has 4 amide bonds. The van der Waals surface area contributed by atoms with Crippen LogP contribution in [0.15, 0.2) is 42.5 Å². The molecule has 1 aliphatic rings. The third-order valence-electron chi connectivity index (χ3n) is 5.00. The van der Waals surface area contributed by atoms with Crippen LogP contribution in [0.25, 0.3) is 0 Å². The number of hydrogen-bond acceptors (Lipinski definition) is 3. The van der Waals surface area contributed by atoms with E-state index in [2.05, 4.69) is 5.32 Å². The van der Waals surface area contributed by atoms with Gasteiger partial charge in [-0.3, -0.25) is 9.59 Å². The van der Waals surface area contributed by atoms with Crippen molar-refractivity contribution in [3.8, 4) is 0 Å². The number of benzene rings is 2. The van der Waals surface area contributed by atoms with Crippen molar-refractivity contribution in [2.24, 2.45) is 5.73 Å². The highest BCUT2D eigenvalue weighted by atomic mass is 35.5. The molecule has 0 aromatic heterocycles. The largest absolute Gasteiger partial charge is 0.352 e. The second-order valence-electron chi connectivity index (χ2n) is 7.12. The van der Waals surface area contributed by atoms with Gasteiger partial charge in [-0.1, -0.05) is 41.4 Å². The molecule has 164 valence electrons. The lowest BCUT2D eigenvalue weighted by Crippen LogP contribution is -2.51. The van der Waals surface area contributed by atoms with Gasteiger partial charge in [0, 0.05) is 47.4 Å². The van der Waals surface area contributed by atoms with E-state index in [0.717, 1.165) is 0 Å².